The minimum Gasteiger partial charge on any atom is -0.497 e. The Balaban J connectivity index is 2.46. The number of amides is 1. The van der Waals surface area contributed by atoms with Crippen molar-refractivity contribution in [3.05, 3.63) is 63.6 Å². The maximum Gasteiger partial charge on any atom is 0.254 e. The van der Waals surface area contributed by atoms with Crippen LogP contribution in [0.25, 0.3) is 0 Å². The first-order valence-electron chi connectivity index (χ1n) is 7.71. The van der Waals surface area contributed by atoms with Gasteiger partial charge in [0, 0.05) is 29.2 Å². The van der Waals surface area contributed by atoms with Crippen LogP contribution in [0.2, 0.25) is 0 Å². The zero-order chi connectivity index (χ0) is 17.7. The lowest BCUT2D eigenvalue weighted by Gasteiger charge is -2.18. The van der Waals surface area contributed by atoms with Crippen molar-refractivity contribution in [2.24, 2.45) is 0 Å². The minimum atomic E-state index is -0.199. The highest BCUT2D eigenvalue weighted by molar-refractivity contribution is 9.10. The largest absolute Gasteiger partial charge is 0.497 e. The Bertz CT molecular complexity index is 758. The summed E-state index contributed by atoms with van der Waals surface area (Å²) in [4.78, 5) is 27.2. The number of rotatable bonds is 6. The molecule has 0 aliphatic rings. The summed E-state index contributed by atoms with van der Waals surface area (Å²) in [6, 6.07) is 12.1. The zero-order valence-corrected chi connectivity index (χ0v) is 15.6. The van der Waals surface area contributed by atoms with Gasteiger partial charge in [-0.25, -0.2) is 0 Å². The van der Waals surface area contributed by atoms with E-state index in [0.29, 0.717) is 29.0 Å². The molecule has 0 radical (unpaired) electrons. The van der Waals surface area contributed by atoms with E-state index in [-0.39, 0.29) is 11.7 Å². The van der Waals surface area contributed by atoms with Gasteiger partial charge < -0.3 is 9.64 Å². The van der Waals surface area contributed by atoms with Gasteiger partial charge in [-0.2, -0.15) is 0 Å². The van der Waals surface area contributed by atoms with E-state index in [1.54, 1.807) is 61.5 Å². The normalized spacial score (nSPS) is 10.3. The molecule has 2 aromatic rings. The van der Waals surface area contributed by atoms with Crippen LogP contribution in [0.5, 0.6) is 5.75 Å². The van der Waals surface area contributed by atoms with Crippen LogP contribution in [-0.2, 0) is 0 Å². The molecule has 0 heterocycles. The Hall–Kier alpha value is -2.14. The average Bonchev–Trinajstić information content (AvgIpc) is 2.60. The fraction of sp³-hybridized carbons (Fsp3) is 0.263. The highest BCUT2D eigenvalue weighted by Gasteiger charge is 2.21. The maximum absolute atomic E-state index is 12.9. The topological polar surface area (TPSA) is 46.6 Å². The Kier molecular flexibility index (Phi) is 6.15. The molecule has 0 fully saturated rings. The highest BCUT2D eigenvalue weighted by atomic mass is 79.9. The van der Waals surface area contributed by atoms with Gasteiger partial charge in [-0.1, -0.05) is 35.0 Å². The number of halogens is 1. The second kappa shape index (κ2) is 8.11. The molecule has 126 valence electrons. The van der Waals surface area contributed by atoms with E-state index in [1.807, 2.05) is 6.92 Å². The van der Waals surface area contributed by atoms with E-state index >= 15 is 0 Å². The van der Waals surface area contributed by atoms with Crippen LogP contribution in [0.1, 0.15) is 39.6 Å². The summed E-state index contributed by atoms with van der Waals surface area (Å²) in [5.41, 5.74) is 1.27. The summed E-state index contributed by atoms with van der Waals surface area (Å²) in [6.45, 7) is 2.64. The van der Waals surface area contributed by atoms with Gasteiger partial charge in [0.05, 0.1) is 12.7 Å². The molecule has 0 spiro atoms. The number of ketones is 1. The maximum atomic E-state index is 12.9. The van der Waals surface area contributed by atoms with Crippen molar-refractivity contribution in [3.63, 3.8) is 0 Å². The first kappa shape index (κ1) is 18.2. The predicted octanol–water partition coefficient (Wildman–Crippen LogP) is 4.17. The van der Waals surface area contributed by atoms with Gasteiger partial charge in [0.15, 0.2) is 5.78 Å². The lowest BCUT2D eigenvalue weighted by atomic mass is 9.97. The van der Waals surface area contributed by atoms with Crippen molar-refractivity contribution in [1.29, 1.82) is 0 Å². The van der Waals surface area contributed by atoms with Crippen molar-refractivity contribution >= 4 is 27.6 Å². The van der Waals surface area contributed by atoms with Crippen LogP contribution < -0.4 is 4.74 Å². The summed E-state index contributed by atoms with van der Waals surface area (Å²) in [6.07, 6.45) is 0.857. The fourth-order valence-corrected chi connectivity index (χ4v) is 2.81. The number of hydrogen-bond acceptors (Lipinski definition) is 3. The molecule has 2 rings (SSSR count). The fourth-order valence-electron chi connectivity index (χ4n) is 2.45. The molecule has 24 heavy (non-hydrogen) atoms. The van der Waals surface area contributed by atoms with Gasteiger partial charge in [0.2, 0.25) is 0 Å². The SMILES string of the molecule is CCCN(C)C(=O)c1cc(Br)ccc1C(=O)c1cccc(OC)c1. The minimum absolute atomic E-state index is 0.163. The van der Waals surface area contributed by atoms with Gasteiger partial charge in [-0.3, -0.25) is 9.59 Å². The molecule has 1 amide bonds. The molecule has 0 saturated heterocycles. The molecule has 5 heteroatoms. The smallest absolute Gasteiger partial charge is 0.254 e. The van der Waals surface area contributed by atoms with E-state index in [4.69, 9.17) is 4.74 Å². The first-order valence-corrected chi connectivity index (χ1v) is 8.51. The van der Waals surface area contributed by atoms with Crippen LogP contribution in [0.3, 0.4) is 0 Å². The monoisotopic (exact) mass is 389 g/mol. The van der Waals surface area contributed by atoms with Gasteiger partial charge in [0.1, 0.15) is 5.75 Å². The summed E-state index contributed by atoms with van der Waals surface area (Å²) in [7, 11) is 3.30. The Morgan fingerprint density at radius 1 is 1.12 bits per heavy atom. The number of methoxy groups -OCH3 is 1. The summed E-state index contributed by atoms with van der Waals surface area (Å²) in [5, 5.41) is 0. The van der Waals surface area contributed by atoms with E-state index in [0.717, 1.165) is 10.9 Å². The lowest BCUT2D eigenvalue weighted by Crippen LogP contribution is -2.29. The molecule has 0 N–H and O–H groups in total. The van der Waals surface area contributed by atoms with Gasteiger partial charge in [-0.15, -0.1) is 0 Å². The van der Waals surface area contributed by atoms with Crippen LogP contribution in [0.15, 0.2) is 46.9 Å². The molecule has 4 nitrogen and oxygen atoms in total. The van der Waals surface area contributed by atoms with E-state index in [9.17, 15) is 9.59 Å². The van der Waals surface area contributed by atoms with Crippen LogP contribution >= 0.6 is 15.9 Å². The number of benzene rings is 2. The Morgan fingerprint density at radius 2 is 1.88 bits per heavy atom. The zero-order valence-electron chi connectivity index (χ0n) is 14.0. The van der Waals surface area contributed by atoms with Gasteiger partial charge >= 0.3 is 0 Å². The van der Waals surface area contributed by atoms with Crippen molar-refractivity contribution < 1.29 is 14.3 Å². The summed E-state index contributed by atoms with van der Waals surface area (Å²) in [5.74, 6) is 0.244. The molecular weight excluding hydrogens is 370 g/mol. The second-order valence-corrected chi connectivity index (χ2v) is 6.39. The third-order valence-corrected chi connectivity index (χ3v) is 4.19. The predicted molar refractivity (Wildman–Crippen MR) is 97.8 cm³/mol. The van der Waals surface area contributed by atoms with E-state index in [1.165, 1.54) is 0 Å². The van der Waals surface area contributed by atoms with Crippen molar-refractivity contribution in [3.8, 4) is 5.75 Å². The van der Waals surface area contributed by atoms with Crippen molar-refractivity contribution in [1.82, 2.24) is 4.90 Å². The summed E-state index contributed by atoms with van der Waals surface area (Å²) >= 11 is 3.38. The number of hydrogen-bond donors (Lipinski definition) is 0. The highest BCUT2D eigenvalue weighted by Crippen LogP contribution is 2.23. The van der Waals surface area contributed by atoms with E-state index in [2.05, 4.69) is 15.9 Å². The molecular formula is C19H20BrNO3. The molecule has 0 aliphatic carbocycles. The molecule has 0 saturated carbocycles. The lowest BCUT2D eigenvalue weighted by molar-refractivity contribution is 0.0790. The van der Waals surface area contributed by atoms with E-state index < -0.39 is 0 Å². The number of carbonyl (C=O) groups excluding carboxylic acids is 2. The molecule has 0 atom stereocenters. The second-order valence-electron chi connectivity index (χ2n) is 5.48. The number of nitrogens with zero attached hydrogens (tertiary/aromatic N) is 1. The standard InChI is InChI=1S/C19H20BrNO3/c1-4-10-21(2)19(23)17-12-14(20)8-9-16(17)18(22)13-6-5-7-15(11-13)24-3/h5-9,11-12H,4,10H2,1-3H3. The van der Waals surface area contributed by atoms with Gasteiger partial charge in [0.25, 0.3) is 5.91 Å². The van der Waals surface area contributed by atoms with Crippen molar-refractivity contribution in [2.75, 3.05) is 20.7 Å². The Morgan fingerprint density at radius 3 is 2.54 bits per heavy atom. The first-order chi connectivity index (χ1) is 11.5. The third kappa shape index (κ3) is 4.03. The molecule has 0 unspecified atom stereocenters. The Labute approximate surface area is 150 Å². The number of carbonyl (C=O) groups is 2. The molecule has 0 aromatic heterocycles. The molecule has 0 bridgehead atoms. The third-order valence-electron chi connectivity index (χ3n) is 3.69. The van der Waals surface area contributed by atoms with Crippen LogP contribution in [0, 0.1) is 0 Å². The van der Waals surface area contributed by atoms with Crippen LogP contribution in [-0.4, -0.2) is 37.3 Å². The average molecular weight is 390 g/mol. The van der Waals surface area contributed by atoms with Crippen molar-refractivity contribution in [2.45, 2.75) is 13.3 Å². The molecule has 2 aromatic carbocycles. The number of ether oxygens (including phenoxy) is 1. The molecule has 0 aliphatic heterocycles. The summed E-state index contributed by atoms with van der Waals surface area (Å²) < 4.78 is 5.93. The quantitative estimate of drug-likeness (QED) is 0.696. The van der Waals surface area contributed by atoms with Crippen LogP contribution in [0.4, 0.5) is 0 Å². The van der Waals surface area contributed by atoms with Gasteiger partial charge in [-0.05, 0) is 36.8 Å².